The Labute approximate surface area is 137 Å². The second kappa shape index (κ2) is 6.57. The standard InChI is InChI=1S/C15H14BrClN2S/c1-19(9-10-2-5-12(17)6-3-10)14-7-4-11(16)8-13(14)15(18)20/h2-8H,9H2,1H3,(H2,18,20). The van der Waals surface area contributed by atoms with Crippen LogP contribution < -0.4 is 10.6 Å². The molecule has 2 nitrogen and oxygen atoms in total. The summed E-state index contributed by atoms with van der Waals surface area (Å²) in [5.41, 5.74) is 8.85. The molecule has 0 aliphatic heterocycles. The zero-order valence-electron chi connectivity index (χ0n) is 10.9. The number of hydrogen-bond donors (Lipinski definition) is 1. The minimum Gasteiger partial charge on any atom is -0.389 e. The van der Waals surface area contributed by atoms with Crippen LogP contribution in [0.5, 0.6) is 0 Å². The summed E-state index contributed by atoms with van der Waals surface area (Å²) in [4.78, 5) is 2.51. The van der Waals surface area contributed by atoms with Gasteiger partial charge in [-0.15, -0.1) is 0 Å². The van der Waals surface area contributed by atoms with E-state index in [2.05, 4.69) is 20.8 Å². The zero-order valence-corrected chi connectivity index (χ0v) is 14.1. The predicted molar refractivity (Wildman–Crippen MR) is 93.6 cm³/mol. The van der Waals surface area contributed by atoms with Gasteiger partial charge < -0.3 is 10.6 Å². The Bertz CT molecular complexity index is 628. The van der Waals surface area contributed by atoms with Gasteiger partial charge in [0.25, 0.3) is 0 Å². The molecule has 0 atom stereocenters. The van der Waals surface area contributed by atoms with E-state index in [1.165, 1.54) is 5.56 Å². The molecule has 2 aromatic rings. The molecule has 0 unspecified atom stereocenters. The van der Waals surface area contributed by atoms with Crippen molar-refractivity contribution in [3.63, 3.8) is 0 Å². The molecule has 104 valence electrons. The predicted octanol–water partition coefficient (Wildman–Crippen LogP) is 4.37. The van der Waals surface area contributed by atoms with Crippen molar-refractivity contribution >= 4 is 50.4 Å². The Morgan fingerprint density at radius 3 is 2.50 bits per heavy atom. The average Bonchev–Trinajstić information content (AvgIpc) is 2.41. The number of anilines is 1. The lowest BCUT2D eigenvalue weighted by atomic mass is 10.1. The molecule has 0 amide bonds. The topological polar surface area (TPSA) is 29.3 Å². The van der Waals surface area contributed by atoms with E-state index in [-0.39, 0.29) is 0 Å². The Kier molecular flexibility index (Phi) is 5.02. The summed E-state index contributed by atoms with van der Waals surface area (Å²) >= 11 is 14.5. The normalized spacial score (nSPS) is 10.3. The van der Waals surface area contributed by atoms with Gasteiger partial charge in [0.05, 0.1) is 0 Å². The third-order valence-electron chi connectivity index (χ3n) is 2.97. The van der Waals surface area contributed by atoms with Crippen molar-refractivity contribution in [2.24, 2.45) is 5.73 Å². The fourth-order valence-corrected chi connectivity index (χ4v) is 2.64. The fraction of sp³-hybridized carbons (Fsp3) is 0.133. The SMILES string of the molecule is CN(Cc1ccc(Cl)cc1)c1ccc(Br)cc1C(N)=S. The number of thiocarbonyl (C=S) groups is 1. The minimum absolute atomic E-state index is 0.393. The average molecular weight is 370 g/mol. The molecule has 2 rings (SSSR count). The number of nitrogens with two attached hydrogens (primary N) is 1. The highest BCUT2D eigenvalue weighted by molar-refractivity contribution is 9.10. The highest BCUT2D eigenvalue weighted by atomic mass is 79.9. The molecule has 5 heteroatoms. The molecule has 0 bridgehead atoms. The second-order valence-electron chi connectivity index (χ2n) is 4.51. The Morgan fingerprint density at radius 2 is 1.90 bits per heavy atom. The summed E-state index contributed by atoms with van der Waals surface area (Å²) in [6, 6.07) is 13.7. The van der Waals surface area contributed by atoms with Gasteiger partial charge in [0.15, 0.2) is 0 Å². The van der Waals surface area contributed by atoms with E-state index in [1.54, 1.807) is 0 Å². The molecule has 0 saturated carbocycles. The third kappa shape index (κ3) is 3.72. The summed E-state index contributed by atoms with van der Waals surface area (Å²) < 4.78 is 0.962. The van der Waals surface area contributed by atoms with Crippen LogP contribution in [0.2, 0.25) is 5.02 Å². The van der Waals surface area contributed by atoms with Gasteiger partial charge >= 0.3 is 0 Å². The lowest BCUT2D eigenvalue weighted by Crippen LogP contribution is -2.21. The van der Waals surface area contributed by atoms with E-state index in [4.69, 9.17) is 29.6 Å². The maximum absolute atomic E-state index is 5.90. The van der Waals surface area contributed by atoms with Crippen molar-refractivity contribution in [3.05, 3.63) is 63.1 Å². The molecule has 0 heterocycles. The highest BCUT2D eigenvalue weighted by Gasteiger charge is 2.10. The van der Waals surface area contributed by atoms with Gasteiger partial charge in [-0.1, -0.05) is 51.9 Å². The summed E-state index contributed by atoms with van der Waals surface area (Å²) in [7, 11) is 2.01. The number of halogens is 2. The van der Waals surface area contributed by atoms with Crippen LogP contribution in [0.25, 0.3) is 0 Å². The molecule has 0 spiro atoms. The van der Waals surface area contributed by atoms with Crippen molar-refractivity contribution in [1.82, 2.24) is 0 Å². The Balaban J connectivity index is 2.27. The number of hydrogen-bond acceptors (Lipinski definition) is 2. The van der Waals surface area contributed by atoms with Crippen LogP contribution in [0.4, 0.5) is 5.69 Å². The number of benzene rings is 2. The molecular formula is C15H14BrClN2S. The number of rotatable bonds is 4. The first-order valence-corrected chi connectivity index (χ1v) is 7.60. The summed E-state index contributed by atoms with van der Waals surface area (Å²) in [5.74, 6) is 0. The van der Waals surface area contributed by atoms with Crippen molar-refractivity contribution in [2.45, 2.75) is 6.54 Å². The molecule has 0 aliphatic carbocycles. The van der Waals surface area contributed by atoms with Crippen LogP contribution in [-0.2, 0) is 6.54 Å². The third-order valence-corrected chi connectivity index (χ3v) is 3.93. The monoisotopic (exact) mass is 368 g/mol. The van der Waals surface area contributed by atoms with Crippen molar-refractivity contribution in [3.8, 4) is 0 Å². The first-order valence-electron chi connectivity index (χ1n) is 6.02. The molecule has 0 aromatic heterocycles. The van der Waals surface area contributed by atoms with Crippen LogP contribution in [0, 0.1) is 0 Å². The minimum atomic E-state index is 0.393. The molecule has 0 aliphatic rings. The molecular weight excluding hydrogens is 356 g/mol. The van der Waals surface area contributed by atoms with Crippen molar-refractivity contribution in [1.29, 1.82) is 0 Å². The van der Waals surface area contributed by atoms with E-state index in [0.717, 1.165) is 27.3 Å². The van der Waals surface area contributed by atoms with Crippen LogP contribution in [-0.4, -0.2) is 12.0 Å². The maximum atomic E-state index is 5.90. The summed E-state index contributed by atoms with van der Waals surface area (Å²) in [6.07, 6.45) is 0. The molecule has 2 aromatic carbocycles. The highest BCUT2D eigenvalue weighted by Crippen LogP contribution is 2.25. The van der Waals surface area contributed by atoms with Gasteiger partial charge in [-0.3, -0.25) is 0 Å². The molecule has 2 N–H and O–H groups in total. The van der Waals surface area contributed by atoms with Gasteiger partial charge in [0.1, 0.15) is 4.99 Å². The van der Waals surface area contributed by atoms with Crippen LogP contribution >= 0.6 is 39.7 Å². The van der Waals surface area contributed by atoms with Crippen molar-refractivity contribution < 1.29 is 0 Å². The zero-order chi connectivity index (χ0) is 14.7. The van der Waals surface area contributed by atoms with Gasteiger partial charge in [-0.25, -0.2) is 0 Å². The molecule has 20 heavy (non-hydrogen) atoms. The van der Waals surface area contributed by atoms with E-state index in [1.807, 2.05) is 49.5 Å². The van der Waals surface area contributed by atoms with Crippen LogP contribution in [0.1, 0.15) is 11.1 Å². The molecule has 0 saturated heterocycles. The Morgan fingerprint density at radius 1 is 1.25 bits per heavy atom. The van der Waals surface area contributed by atoms with E-state index in [0.29, 0.717) is 4.99 Å². The molecule has 0 radical (unpaired) electrons. The smallest absolute Gasteiger partial charge is 0.106 e. The lowest BCUT2D eigenvalue weighted by Gasteiger charge is -2.22. The first-order chi connectivity index (χ1) is 9.47. The second-order valence-corrected chi connectivity index (χ2v) is 6.30. The van der Waals surface area contributed by atoms with E-state index < -0.39 is 0 Å². The lowest BCUT2D eigenvalue weighted by molar-refractivity contribution is 0.921. The van der Waals surface area contributed by atoms with Gasteiger partial charge in [-0.2, -0.15) is 0 Å². The van der Waals surface area contributed by atoms with Crippen LogP contribution in [0.15, 0.2) is 46.9 Å². The fourth-order valence-electron chi connectivity index (χ4n) is 1.99. The van der Waals surface area contributed by atoms with E-state index in [9.17, 15) is 0 Å². The van der Waals surface area contributed by atoms with Gasteiger partial charge in [0, 0.05) is 34.3 Å². The summed E-state index contributed by atoms with van der Waals surface area (Å²) in [6.45, 7) is 0.758. The van der Waals surface area contributed by atoms with Gasteiger partial charge in [-0.05, 0) is 35.9 Å². The quantitative estimate of drug-likeness (QED) is 0.811. The Hall–Kier alpha value is -1.10. The largest absolute Gasteiger partial charge is 0.389 e. The maximum Gasteiger partial charge on any atom is 0.106 e. The first kappa shape index (κ1) is 15.3. The van der Waals surface area contributed by atoms with Gasteiger partial charge in [0.2, 0.25) is 0 Å². The molecule has 0 fully saturated rings. The van der Waals surface area contributed by atoms with Crippen LogP contribution in [0.3, 0.4) is 0 Å². The number of nitrogens with zero attached hydrogens (tertiary/aromatic N) is 1. The van der Waals surface area contributed by atoms with E-state index >= 15 is 0 Å². The summed E-state index contributed by atoms with van der Waals surface area (Å²) in [5, 5.41) is 0.740. The van der Waals surface area contributed by atoms with Crippen molar-refractivity contribution in [2.75, 3.05) is 11.9 Å².